The standard InChI is InChI=1S/C17H28N2O4S/c1-23-12-15-11-19(24(2,21)22)13-17(15)7-9-18(10-8-17)16(20)14-5-3-4-6-14/h3-4,14-15H,5-13H2,1-2H3/t15-/m0/s1. The zero-order chi connectivity index (χ0) is 17.4. The highest BCUT2D eigenvalue weighted by molar-refractivity contribution is 7.88. The van der Waals surface area contributed by atoms with E-state index in [0.717, 1.165) is 38.8 Å². The number of likely N-dealkylation sites (tertiary alicyclic amines) is 1. The van der Waals surface area contributed by atoms with E-state index in [1.165, 1.54) is 6.26 Å². The molecule has 6 nitrogen and oxygen atoms in total. The molecule has 7 heteroatoms. The van der Waals surface area contributed by atoms with Crippen molar-refractivity contribution in [3.05, 3.63) is 12.2 Å². The van der Waals surface area contributed by atoms with E-state index in [9.17, 15) is 13.2 Å². The van der Waals surface area contributed by atoms with Crippen molar-refractivity contribution in [2.75, 3.05) is 46.2 Å². The van der Waals surface area contributed by atoms with Crippen LogP contribution in [0.25, 0.3) is 0 Å². The van der Waals surface area contributed by atoms with Gasteiger partial charge in [-0.3, -0.25) is 4.79 Å². The van der Waals surface area contributed by atoms with Crippen molar-refractivity contribution in [2.45, 2.75) is 25.7 Å². The summed E-state index contributed by atoms with van der Waals surface area (Å²) in [5, 5.41) is 0. The number of carbonyl (C=O) groups is 1. The van der Waals surface area contributed by atoms with E-state index in [1.807, 2.05) is 4.90 Å². The minimum Gasteiger partial charge on any atom is -0.384 e. The first kappa shape index (κ1) is 17.9. The van der Waals surface area contributed by atoms with Gasteiger partial charge in [0.2, 0.25) is 15.9 Å². The van der Waals surface area contributed by atoms with Crippen LogP contribution in [0.4, 0.5) is 0 Å². The first-order valence-corrected chi connectivity index (χ1v) is 10.6. The van der Waals surface area contributed by atoms with Gasteiger partial charge in [-0.05, 0) is 31.1 Å². The van der Waals surface area contributed by atoms with Crippen molar-refractivity contribution < 1.29 is 17.9 Å². The Balaban J connectivity index is 1.67. The lowest BCUT2D eigenvalue weighted by Crippen LogP contribution is -2.48. The van der Waals surface area contributed by atoms with Gasteiger partial charge in [0, 0.05) is 45.1 Å². The second kappa shape index (κ2) is 6.77. The van der Waals surface area contributed by atoms with Crippen molar-refractivity contribution in [1.82, 2.24) is 9.21 Å². The summed E-state index contributed by atoms with van der Waals surface area (Å²) in [5.74, 6) is 0.587. The molecule has 0 aromatic rings. The topological polar surface area (TPSA) is 66.9 Å². The molecule has 1 atom stereocenters. The zero-order valence-electron chi connectivity index (χ0n) is 14.6. The van der Waals surface area contributed by atoms with Crippen LogP contribution in [0.2, 0.25) is 0 Å². The lowest BCUT2D eigenvalue weighted by Gasteiger charge is -2.43. The molecule has 136 valence electrons. The highest BCUT2D eigenvalue weighted by Gasteiger charge is 2.50. The normalized spacial score (nSPS) is 28.1. The lowest BCUT2D eigenvalue weighted by molar-refractivity contribution is -0.138. The number of rotatable bonds is 4. The number of ether oxygens (including phenoxy) is 1. The van der Waals surface area contributed by atoms with E-state index < -0.39 is 10.0 Å². The molecule has 3 aliphatic rings. The molecule has 24 heavy (non-hydrogen) atoms. The highest BCUT2D eigenvalue weighted by Crippen LogP contribution is 2.45. The molecule has 1 spiro atoms. The monoisotopic (exact) mass is 356 g/mol. The van der Waals surface area contributed by atoms with Gasteiger partial charge < -0.3 is 9.64 Å². The fourth-order valence-corrected chi connectivity index (χ4v) is 5.43. The number of amides is 1. The number of methoxy groups -OCH3 is 1. The number of hydrogen-bond donors (Lipinski definition) is 0. The van der Waals surface area contributed by atoms with E-state index in [1.54, 1.807) is 11.4 Å². The average molecular weight is 356 g/mol. The molecule has 0 aromatic carbocycles. The molecule has 0 N–H and O–H groups in total. The number of nitrogens with zero attached hydrogens (tertiary/aromatic N) is 2. The molecular formula is C17H28N2O4S. The van der Waals surface area contributed by atoms with Crippen LogP contribution in [0, 0.1) is 17.3 Å². The van der Waals surface area contributed by atoms with Gasteiger partial charge >= 0.3 is 0 Å². The summed E-state index contributed by atoms with van der Waals surface area (Å²) in [6, 6.07) is 0. The van der Waals surface area contributed by atoms with Gasteiger partial charge in [-0.1, -0.05) is 12.2 Å². The van der Waals surface area contributed by atoms with Gasteiger partial charge in [-0.15, -0.1) is 0 Å². The van der Waals surface area contributed by atoms with Gasteiger partial charge in [0.05, 0.1) is 12.9 Å². The maximum atomic E-state index is 12.6. The van der Waals surface area contributed by atoms with Crippen molar-refractivity contribution >= 4 is 15.9 Å². The molecule has 0 saturated carbocycles. The number of allylic oxidation sites excluding steroid dienone is 2. The summed E-state index contributed by atoms with van der Waals surface area (Å²) in [5.41, 5.74) is -0.0518. The van der Waals surface area contributed by atoms with Crippen molar-refractivity contribution in [1.29, 1.82) is 0 Å². The van der Waals surface area contributed by atoms with Crippen molar-refractivity contribution in [3.8, 4) is 0 Å². The number of carbonyl (C=O) groups excluding carboxylic acids is 1. The fourth-order valence-electron chi connectivity index (χ4n) is 4.48. The Bertz CT molecular complexity index is 600. The third-order valence-corrected chi connectivity index (χ3v) is 7.26. The molecule has 0 unspecified atom stereocenters. The molecule has 2 aliphatic heterocycles. The quantitative estimate of drug-likeness (QED) is 0.708. The Morgan fingerprint density at radius 1 is 1.25 bits per heavy atom. The summed E-state index contributed by atoms with van der Waals surface area (Å²) in [6.07, 6.45) is 8.88. The van der Waals surface area contributed by atoms with Crippen LogP contribution >= 0.6 is 0 Å². The third kappa shape index (κ3) is 3.39. The molecule has 1 amide bonds. The van der Waals surface area contributed by atoms with Crippen LogP contribution in [-0.2, 0) is 19.6 Å². The predicted molar refractivity (Wildman–Crippen MR) is 91.9 cm³/mol. The maximum Gasteiger partial charge on any atom is 0.226 e. The van der Waals surface area contributed by atoms with Crippen LogP contribution in [0.3, 0.4) is 0 Å². The molecule has 3 rings (SSSR count). The van der Waals surface area contributed by atoms with Crippen LogP contribution in [0.5, 0.6) is 0 Å². The van der Waals surface area contributed by atoms with E-state index in [-0.39, 0.29) is 23.2 Å². The largest absolute Gasteiger partial charge is 0.384 e. The third-order valence-electron chi connectivity index (χ3n) is 6.05. The minimum atomic E-state index is -3.18. The number of piperidine rings is 1. The number of sulfonamides is 1. The Morgan fingerprint density at radius 2 is 1.88 bits per heavy atom. The fraction of sp³-hybridized carbons (Fsp3) is 0.824. The highest BCUT2D eigenvalue weighted by atomic mass is 32.2. The second-order valence-corrected chi connectivity index (χ2v) is 9.52. The molecule has 2 saturated heterocycles. The maximum absolute atomic E-state index is 12.6. The van der Waals surface area contributed by atoms with Gasteiger partial charge in [0.25, 0.3) is 0 Å². The van der Waals surface area contributed by atoms with Crippen LogP contribution in [-0.4, -0.2) is 69.7 Å². The van der Waals surface area contributed by atoms with Gasteiger partial charge in [-0.25, -0.2) is 12.7 Å². The van der Waals surface area contributed by atoms with Gasteiger partial charge in [0.15, 0.2) is 0 Å². The van der Waals surface area contributed by atoms with E-state index in [4.69, 9.17) is 4.74 Å². The summed E-state index contributed by atoms with van der Waals surface area (Å²) in [6.45, 7) is 3.13. The summed E-state index contributed by atoms with van der Waals surface area (Å²) >= 11 is 0. The first-order chi connectivity index (χ1) is 11.4. The summed E-state index contributed by atoms with van der Waals surface area (Å²) in [4.78, 5) is 14.6. The molecular weight excluding hydrogens is 328 g/mol. The Kier molecular flexibility index (Phi) is 5.04. The van der Waals surface area contributed by atoms with Gasteiger partial charge in [-0.2, -0.15) is 0 Å². The van der Waals surface area contributed by atoms with Crippen LogP contribution < -0.4 is 0 Å². The smallest absolute Gasteiger partial charge is 0.226 e. The van der Waals surface area contributed by atoms with Crippen LogP contribution in [0.15, 0.2) is 12.2 Å². The van der Waals surface area contributed by atoms with Crippen molar-refractivity contribution in [3.63, 3.8) is 0 Å². The Hall–Kier alpha value is -0.920. The first-order valence-electron chi connectivity index (χ1n) is 8.73. The van der Waals surface area contributed by atoms with E-state index in [0.29, 0.717) is 19.7 Å². The number of hydrogen-bond acceptors (Lipinski definition) is 4. The predicted octanol–water partition coefficient (Wildman–Crippen LogP) is 1.10. The zero-order valence-corrected chi connectivity index (χ0v) is 15.4. The van der Waals surface area contributed by atoms with Gasteiger partial charge in [0.1, 0.15) is 0 Å². The SMILES string of the molecule is COC[C@@H]1CN(S(C)(=O)=O)CC12CCN(C(=O)C1CC=CC1)CC2. The molecule has 2 heterocycles. The molecule has 0 radical (unpaired) electrons. The Morgan fingerprint density at radius 3 is 2.42 bits per heavy atom. The molecule has 1 aliphatic carbocycles. The van der Waals surface area contributed by atoms with Crippen molar-refractivity contribution in [2.24, 2.45) is 17.3 Å². The lowest BCUT2D eigenvalue weighted by atomic mass is 9.71. The molecule has 2 fully saturated rings. The van der Waals surface area contributed by atoms with E-state index in [2.05, 4.69) is 12.2 Å². The molecule has 0 aromatic heterocycles. The molecule has 0 bridgehead atoms. The van der Waals surface area contributed by atoms with E-state index >= 15 is 0 Å². The second-order valence-electron chi connectivity index (χ2n) is 7.54. The Labute approximate surface area is 144 Å². The summed E-state index contributed by atoms with van der Waals surface area (Å²) < 4.78 is 30.9. The van der Waals surface area contributed by atoms with Crippen LogP contribution in [0.1, 0.15) is 25.7 Å². The summed E-state index contributed by atoms with van der Waals surface area (Å²) in [7, 11) is -1.51. The average Bonchev–Trinajstić information content (AvgIpc) is 3.17. The minimum absolute atomic E-state index is 0.0518.